The van der Waals surface area contributed by atoms with Crippen LogP contribution >= 0.6 is 15.9 Å². The number of benzene rings is 1. The first-order valence-electron chi connectivity index (χ1n) is 4.27. The number of hydrogen-bond acceptors (Lipinski definition) is 4. The molecule has 0 N–H and O–H groups in total. The highest BCUT2D eigenvalue weighted by molar-refractivity contribution is 9.10. The molecule has 1 heterocycles. The number of nitrogens with zero attached hydrogens (tertiary/aromatic N) is 2. The third-order valence-corrected chi connectivity index (χ3v) is 2.25. The molecule has 2 rings (SSSR count). The van der Waals surface area contributed by atoms with Gasteiger partial charge in [-0.05, 0) is 18.2 Å². The first-order valence-corrected chi connectivity index (χ1v) is 5.07. The molecule has 0 aliphatic heterocycles. The number of halogens is 4. The summed E-state index contributed by atoms with van der Waals surface area (Å²) in [5.41, 5.74) is 0.0641. The number of alkyl halides is 3. The van der Waals surface area contributed by atoms with Gasteiger partial charge in [0.1, 0.15) is 5.75 Å². The number of rotatable bonds is 2. The van der Waals surface area contributed by atoms with Crippen LogP contribution in [0.1, 0.15) is 0 Å². The van der Waals surface area contributed by atoms with E-state index in [1.165, 1.54) is 12.1 Å². The average Bonchev–Trinajstić information content (AvgIpc) is 2.71. The largest absolute Gasteiger partial charge is 0.573 e. The predicted molar refractivity (Wildman–Crippen MR) is 54.1 cm³/mol. The molecule has 0 bridgehead atoms. The molecule has 0 atom stereocenters. The zero-order valence-electron chi connectivity index (χ0n) is 8.03. The van der Waals surface area contributed by atoms with Crippen LogP contribution in [-0.2, 0) is 0 Å². The van der Waals surface area contributed by atoms with Crippen LogP contribution in [0, 0.1) is 0 Å². The Bertz CT molecular complexity index is 513. The van der Waals surface area contributed by atoms with Crippen LogP contribution in [0.4, 0.5) is 13.2 Å². The molecule has 0 spiro atoms. The van der Waals surface area contributed by atoms with Crippen molar-refractivity contribution in [1.29, 1.82) is 0 Å². The van der Waals surface area contributed by atoms with E-state index >= 15 is 0 Å². The second-order valence-electron chi connectivity index (χ2n) is 2.93. The van der Waals surface area contributed by atoms with E-state index in [2.05, 4.69) is 30.9 Å². The van der Waals surface area contributed by atoms with Crippen LogP contribution in [0.15, 0.2) is 33.5 Å². The average molecular weight is 309 g/mol. The highest BCUT2D eigenvalue weighted by atomic mass is 79.9. The second-order valence-corrected chi connectivity index (χ2v) is 3.85. The monoisotopic (exact) mass is 308 g/mol. The van der Waals surface area contributed by atoms with Crippen LogP contribution in [-0.4, -0.2) is 16.6 Å². The van der Waals surface area contributed by atoms with E-state index in [0.717, 1.165) is 12.5 Å². The first kappa shape index (κ1) is 11.9. The Hall–Kier alpha value is -1.57. The van der Waals surface area contributed by atoms with Crippen molar-refractivity contribution in [1.82, 2.24) is 10.2 Å². The lowest BCUT2D eigenvalue weighted by Crippen LogP contribution is -2.17. The Morgan fingerprint density at radius 3 is 2.65 bits per heavy atom. The van der Waals surface area contributed by atoms with Crippen molar-refractivity contribution in [3.63, 3.8) is 0 Å². The predicted octanol–water partition coefficient (Wildman–Crippen LogP) is 3.40. The molecule has 0 aliphatic carbocycles. The van der Waals surface area contributed by atoms with Crippen molar-refractivity contribution in [2.75, 3.05) is 0 Å². The van der Waals surface area contributed by atoms with Crippen molar-refractivity contribution < 1.29 is 22.3 Å². The lowest BCUT2D eigenvalue weighted by Gasteiger charge is -2.11. The van der Waals surface area contributed by atoms with Gasteiger partial charge in [-0.1, -0.05) is 15.9 Å². The van der Waals surface area contributed by atoms with E-state index in [-0.39, 0.29) is 11.5 Å². The van der Waals surface area contributed by atoms with E-state index in [9.17, 15) is 13.2 Å². The van der Waals surface area contributed by atoms with Gasteiger partial charge >= 0.3 is 6.36 Å². The van der Waals surface area contributed by atoms with Gasteiger partial charge in [0, 0.05) is 4.47 Å². The van der Waals surface area contributed by atoms with E-state index < -0.39 is 12.1 Å². The zero-order chi connectivity index (χ0) is 12.5. The lowest BCUT2D eigenvalue weighted by atomic mass is 10.2. The number of hydrogen-bond donors (Lipinski definition) is 0. The van der Waals surface area contributed by atoms with Crippen molar-refractivity contribution in [3.05, 3.63) is 29.1 Å². The topological polar surface area (TPSA) is 48.2 Å². The minimum absolute atomic E-state index is 0.0504. The summed E-state index contributed by atoms with van der Waals surface area (Å²) in [6, 6.07) is 3.98. The fraction of sp³-hybridized carbons (Fsp3) is 0.111. The molecule has 0 aliphatic rings. The summed E-state index contributed by atoms with van der Waals surface area (Å²) >= 11 is 3.13. The van der Waals surface area contributed by atoms with E-state index in [0.29, 0.717) is 4.47 Å². The maximum Gasteiger partial charge on any atom is 0.573 e. The van der Waals surface area contributed by atoms with Crippen LogP contribution in [0.2, 0.25) is 0 Å². The summed E-state index contributed by atoms with van der Waals surface area (Å²) < 4.78 is 45.8. The Labute approximate surface area is 102 Å². The fourth-order valence-corrected chi connectivity index (χ4v) is 1.53. The zero-order valence-corrected chi connectivity index (χ0v) is 9.62. The van der Waals surface area contributed by atoms with Crippen molar-refractivity contribution in [2.24, 2.45) is 0 Å². The van der Waals surface area contributed by atoms with Crippen molar-refractivity contribution in [3.8, 4) is 17.2 Å². The Kier molecular flexibility index (Phi) is 3.05. The highest BCUT2D eigenvalue weighted by Crippen LogP contribution is 2.34. The third-order valence-electron chi connectivity index (χ3n) is 1.76. The fourth-order valence-electron chi connectivity index (χ4n) is 1.17. The number of ether oxygens (including phenoxy) is 1. The van der Waals surface area contributed by atoms with Crippen LogP contribution in [0.25, 0.3) is 11.5 Å². The Morgan fingerprint density at radius 2 is 2.06 bits per heavy atom. The number of aromatic nitrogens is 2. The first-order chi connectivity index (χ1) is 7.96. The second kappa shape index (κ2) is 4.36. The standard InChI is InChI=1S/C9H4BrF3N2O2/c10-5-1-2-7(17-9(11,12)13)6(3-5)8-15-14-4-16-8/h1-4H. The molecule has 17 heavy (non-hydrogen) atoms. The van der Waals surface area contributed by atoms with Crippen molar-refractivity contribution in [2.45, 2.75) is 6.36 Å². The maximum absolute atomic E-state index is 12.2. The minimum Gasteiger partial charge on any atom is -0.423 e. The lowest BCUT2D eigenvalue weighted by molar-refractivity contribution is -0.274. The van der Waals surface area contributed by atoms with Gasteiger partial charge in [0.2, 0.25) is 6.39 Å². The van der Waals surface area contributed by atoms with Gasteiger partial charge < -0.3 is 9.15 Å². The molecule has 0 radical (unpaired) electrons. The van der Waals surface area contributed by atoms with Gasteiger partial charge in [0.05, 0.1) is 5.56 Å². The van der Waals surface area contributed by atoms with Gasteiger partial charge in [-0.3, -0.25) is 0 Å². The van der Waals surface area contributed by atoms with Crippen LogP contribution in [0.5, 0.6) is 5.75 Å². The molecule has 0 fully saturated rings. The molecule has 2 aromatic rings. The molecule has 8 heteroatoms. The van der Waals surface area contributed by atoms with E-state index in [4.69, 9.17) is 4.42 Å². The summed E-state index contributed by atoms with van der Waals surface area (Å²) in [5.74, 6) is -0.449. The molecule has 1 aromatic heterocycles. The van der Waals surface area contributed by atoms with Crippen molar-refractivity contribution >= 4 is 15.9 Å². The molecule has 1 aromatic carbocycles. The Balaban J connectivity index is 2.45. The summed E-state index contributed by atoms with van der Waals surface area (Å²) in [4.78, 5) is 0. The van der Waals surface area contributed by atoms with Gasteiger partial charge in [-0.25, -0.2) is 0 Å². The SMILES string of the molecule is FC(F)(F)Oc1ccc(Br)cc1-c1nnco1. The molecule has 0 saturated carbocycles. The van der Waals surface area contributed by atoms with Crippen LogP contribution in [0.3, 0.4) is 0 Å². The molecular weight excluding hydrogens is 305 g/mol. The van der Waals surface area contributed by atoms with Gasteiger partial charge in [-0.15, -0.1) is 23.4 Å². The normalized spacial score (nSPS) is 11.5. The summed E-state index contributed by atoms with van der Waals surface area (Å²) in [5, 5.41) is 6.93. The van der Waals surface area contributed by atoms with Gasteiger partial charge in [0.15, 0.2) is 0 Å². The van der Waals surface area contributed by atoms with Gasteiger partial charge in [-0.2, -0.15) is 0 Å². The molecular formula is C9H4BrF3N2O2. The maximum atomic E-state index is 12.2. The molecule has 0 amide bonds. The highest BCUT2D eigenvalue weighted by Gasteiger charge is 2.32. The molecule has 0 unspecified atom stereocenters. The summed E-state index contributed by atoms with van der Waals surface area (Å²) in [6.07, 6.45) is -3.75. The molecule has 4 nitrogen and oxygen atoms in total. The van der Waals surface area contributed by atoms with Crippen LogP contribution < -0.4 is 4.74 Å². The third kappa shape index (κ3) is 2.96. The molecule has 90 valence electrons. The van der Waals surface area contributed by atoms with E-state index in [1.807, 2.05) is 0 Å². The Morgan fingerprint density at radius 1 is 1.29 bits per heavy atom. The van der Waals surface area contributed by atoms with E-state index in [1.54, 1.807) is 0 Å². The smallest absolute Gasteiger partial charge is 0.423 e. The minimum atomic E-state index is -4.78. The summed E-state index contributed by atoms with van der Waals surface area (Å²) in [6.45, 7) is 0. The quantitative estimate of drug-likeness (QED) is 0.853. The molecule has 0 saturated heterocycles. The summed E-state index contributed by atoms with van der Waals surface area (Å²) in [7, 11) is 0. The van der Waals surface area contributed by atoms with Gasteiger partial charge in [0.25, 0.3) is 5.89 Å².